The van der Waals surface area contributed by atoms with Gasteiger partial charge in [0.1, 0.15) is 0 Å². The first kappa shape index (κ1) is 18.2. The van der Waals surface area contributed by atoms with Crippen molar-refractivity contribution in [2.75, 3.05) is 0 Å². The monoisotopic (exact) mass is 308 g/mol. The van der Waals surface area contributed by atoms with Crippen LogP contribution in [0.2, 0.25) is 0 Å². The molecule has 0 saturated heterocycles. The summed E-state index contributed by atoms with van der Waals surface area (Å²) in [7, 11) is 0. The Hall–Kier alpha value is -2.88. The summed E-state index contributed by atoms with van der Waals surface area (Å²) in [6.07, 6.45) is 12.8. The molecule has 0 amide bonds. The average molecular weight is 308 g/mol. The van der Waals surface area contributed by atoms with Crippen molar-refractivity contribution >= 4 is 11.4 Å². The zero-order valence-electron chi connectivity index (χ0n) is 14.0. The zero-order chi connectivity index (χ0) is 17.4. The summed E-state index contributed by atoms with van der Waals surface area (Å²) in [6.45, 7) is 13.1. The predicted octanol–water partition coefficient (Wildman–Crippen LogP) is 3.90. The lowest BCUT2D eigenvalue weighted by Gasteiger charge is -2.00. The second kappa shape index (κ2) is 8.54. The Morgan fingerprint density at radius 3 is 2.52 bits per heavy atom. The van der Waals surface area contributed by atoms with Crippen molar-refractivity contribution in [2.24, 2.45) is 10.8 Å². The summed E-state index contributed by atoms with van der Waals surface area (Å²) in [4.78, 5) is 0. The quantitative estimate of drug-likeness (QED) is 0.379. The molecule has 1 saturated carbocycles. The molecule has 1 aliphatic rings. The SMILES string of the molecule is C=C\C(N)=C/C=C1\C(=C)\C1=C\C(=C/C)NN=C(C)C=CC(C)=N. The van der Waals surface area contributed by atoms with Gasteiger partial charge in [0.2, 0.25) is 0 Å². The fourth-order valence-corrected chi connectivity index (χ4v) is 1.63. The molecule has 0 bridgehead atoms. The van der Waals surface area contributed by atoms with Crippen molar-refractivity contribution in [3.8, 4) is 0 Å². The molecule has 23 heavy (non-hydrogen) atoms. The third-order valence-corrected chi connectivity index (χ3v) is 3.10. The predicted molar refractivity (Wildman–Crippen MR) is 100 cm³/mol. The lowest BCUT2D eigenvalue weighted by atomic mass is 10.3. The van der Waals surface area contributed by atoms with Gasteiger partial charge in [-0.15, -0.1) is 0 Å². The van der Waals surface area contributed by atoms with Crippen LogP contribution in [0.4, 0.5) is 0 Å². The van der Waals surface area contributed by atoms with Gasteiger partial charge < -0.3 is 11.1 Å². The minimum absolute atomic E-state index is 0.490. The lowest BCUT2D eigenvalue weighted by Crippen LogP contribution is -2.05. The number of nitrogens with zero attached hydrogens (tertiary/aromatic N) is 1. The van der Waals surface area contributed by atoms with E-state index in [4.69, 9.17) is 11.1 Å². The largest absolute Gasteiger partial charge is 0.399 e. The second-order valence-corrected chi connectivity index (χ2v) is 5.11. The smallest absolute Gasteiger partial charge is 0.0577 e. The summed E-state index contributed by atoms with van der Waals surface area (Å²) in [5.41, 5.74) is 14.6. The summed E-state index contributed by atoms with van der Waals surface area (Å²) < 4.78 is 0. The molecule has 0 heterocycles. The molecule has 0 aromatic rings. The van der Waals surface area contributed by atoms with Gasteiger partial charge in [0.15, 0.2) is 0 Å². The molecule has 1 rings (SSSR count). The van der Waals surface area contributed by atoms with Gasteiger partial charge in [-0.25, -0.2) is 0 Å². The molecule has 0 atom stereocenters. The Kier molecular flexibility index (Phi) is 6.74. The summed E-state index contributed by atoms with van der Waals surface area (Å²) in [6, 6.07) is 0. The number of hydrogen-bond donors (Lipinski definition) is 3. The first-order chi connectivity index (χ1) is 10.9. The van der Waals surface area contributed by atoms with Crippen molar-refractivity contribution < 1.29 is 0 Å². The van der Waals surface area contributed by atoms with Crippen LogP contribution in [0.1, 0.15) is 20.8 Å². The minimum atomic E-state index is 0.490. The molecule has 4 N–H and O–H groups in total. The van der Waals surface area contributed by atoms with E-state index in [1.807, 2.05) is 38.2 Å². The highest BCUT2D eigenvalue weighted by atomic mass is 15.3. The number of nitrogens with one attached hydrogen (secondary N) is 2. The molecule has 0 spiro atoms. The van der Waals surface area contributed by atoms with Crippen molar-refractivity contribution in [3.05, 3.63) is 83.8 Å². The minimum Gasteiger partial charge on any atom is -0.399 e. The van der Waals surface area contributed by atoms with Crippen LogP contribution in [-0.2, 0) is 0 Å². The van der Waals surface area contributed by atoms with E-state index in [1.165, 1.54) is 0 Å². The van der Waals surface area contributed by atoms with Gasteiger partial charge in [0.25, 0.3) is 0 Å². The van der Waals surface area contributed by atoms with Crippen LogP contribution < -0.4 is 11.2 Å². The second-order valence-electron chi connectivity index (χ2n) is 5.11. The first-order valence-electron chi connectivity index (χ1n) is 7.30. The maximum atomic E-state index is 7.35. The average Bonchev–Trinajstić information content (AvgIpc) is 3.14. The summed E-state index contributed by atoms with van der Waals surface area (Å²) in [5.74, 6) is 0. The Bertz CT molecular complexity index is 695. The first-order valence-corrected chi connectivity index (χ1v) is 7.30. The molecule has 0 aliphatic heterocycles. The molecule has 0 radical (unpaired) electrons. The normalized spacial score (nSPS) is 19.6. The highest BCUT2D eigenvalue weighted by Crippen LogP contribution is 2.43. The van der Waals surface area contributed by atoms with E-state index in [0.717, 1.165) is 28.1 Å². The number of rotatable bonds is 7. The van der Waals surface area contributed by atoms with Gasteiger partial charge >= 0.3 is 0 Å². The van der Waals surface area contributed by atoms with E-state index in [-0.39, 0.29) is 0 Å². The molecule has 0 aromatic carbocycles. The van der Waals surface area contributed by atoms with Crippen LogP contribution in [0.3, 0.4) is 0 Å². The van der Waals surface area contributed by atoms with E-state index in [1.54, 1.807) is 25.2 Å². The highest BCUT2D eigenvalue weighted by Gasteiger charge is 2.26. The number of hydrogen-bond acceptors (Lipinski definition) is 4. The third kappa shape index (κ3) is 6.18. The highest BCUT2D eigenvalue weighted by molar-refractivity contribution is 6.00. The Balaban J connectivity index is 2.78. The van der Waals surface area contributed by atoms with Crippen LogP contribution in [0, 0.1) is 5.41 Å². The van der Waals surface area contributed by atoms with E-state index in [0.29, 0.717) is 11.4 Å². The maximum absolute atomic E-state index is 7.35. The van der Waals surface area contributed by atoms with Crippen molar-refractivity contribution in [3.63, 3.8) is 0 Å². The number of nitrogens with two attached hydrogens (primary N) is 1. The van der Waals surface area contributed by atoms with Gasteiger partial charge in [-0.05, 0) is 67.9 Å². The molecule has 1 fully saturated rings. The molecule has 4 heteroatoms. The van der Waals surface area contributed by atoms with Crippen LogP contribution in [0.5, 0.6) is 0 Å². The lowest BCUT2D eigenvalue weighted by molar-refractivity contribution is 0.913. The molecule has 0 unspecified atom stereocenters. The van der Waals surface area contributed by atoms with Gasteiger partial charge in [0, 0.05) is 11.4 Å². The Labute approximate surface area is 138 Å². The van der Waals surface area contributed by atoms with Gasteiger partial charge in [-0.1, -0.05) is 25.3 Å². The standard InChI is InChI=1S/C19H24N4/c1-6-16(21)10-11-18-15(5)19(18)12-17(7-2)23-22-14(4)9-8-13(3)20/h6-12,20,23H,1,5,21H2,2-4H3/b9-8?,16-10+,17-7+,18-11+,19-12-,20-13?,22-14?. The molecular formula is C19H24N4. The Morgan fingerprint density at radius 1 is 1.26 bits per heavy atom. The van der Waals surface area contributed by atoms with E-state index >= 15 is 0 Å². The van der Waals surface area contributed by atoms with Crippen LogP contribution in [0.15, 0.2) is 88.9 Å². The van der Waals surface area contributed by atoms with Gasteiger partial charge in [-0.2, -0.15) is 5.10 Å². The molecule has 120 valence electrons. The van der Waals surface area contributed by atoms with Crippen LogP contribution in [-0.4, -0.2) is 11.4 Å². The van der Waals surface area contributed by atoms with E-state index in [2.05, 4.69) is 23.7 Å². The fraction of sp³-hybridized carbons (Fsp3) is 0.158. The van der Waals surface area contributed by atoms with E-state index < -0.39 is 0 Å². The molecule has 1 aliphatic carbocycles. The Morgan fingerprint density at radius 2 is 1.96 bits per heavy atom. The van der Waals surface area contributed by atoms with E-state index in [9.17, 15) is 0 Å². The summed E-state index contributed by atoms with van der Waals surface area (Å²) in [5, 5.41) is 11.6. The van der Waals surface area contributed by atoms with Gasteiger partial charge in [0.05, 0.1) is 11.4 Å². The molecule has 4 nitrogen and oxygen atoms in total. The van der Waals surface area contributed by atoms with Crippen LogP contribution >= 0.6 is 0 Å². The molecule has 0 aromatic heterocycles. The fourth-order valence-electron chi connectivity index (χ4n) is 1.63. The van der Waals surface area contributed by atoms with Crippen molar-refractivity contribution in [1.82, 2.24) is 5.43 Å². The number of hydrazone groups is 1. The third-order valence-electron chi connectivity index (χ3n) is 3.10. The topological polar surface area (TPSA) is 74.3 Å². The summed E-state index contributed by atoms with van der Waals surface area (Å²) >= 11 is 0. The van der Waals surface area contributed by atoms with Crippen LogP contribution in [0.25, 0.3) is 0 Å². The van der Waals surface area contributed by atoms with Crippen molar-refractivity contribution in [2.45, 2.75) is 20.8 Å². The van der Waals surface area contributed by atoms with Crippen molar-refractivity contribution in [1.29, 1.82) is 5.41 Å². The zero-order valence-corrected chi connectivity index (χ0v) is 14.0. The number of allylic oxidation sites excluding steroid dienone is 10. The maximum Gasteiger partial charge on any atom is 0.0577 e. The van der Waals surface area contributed by atoms with Gasteiger partial charge in [-0.3, -0.25) is 5.43 Å². The molecular weight excluding hydrogens is 284 g/mol.